The van der Waals surface area contributed by atoms with Crippen LogP contribution in [0.4, 0.5) is 4.39 Å². The van der Waals surface area contributed by atoms with Crippen molar-refractivity contribution in [2.45, 2.75) is 18.9 Å². The largest absolute Gasteiger partial charge is 0.460 e. The molecule has 5 nitrogen and oxygen atoms in total. The van der Waals surface area contributed by atoms with Crippen LogP contribution in [0.5, 0.6) is 0 Å². The van der Waals surface area contributed by atoms with Crippen LogP contribution in [0.15, 0.2) is 69.1 Å². The number of para-hydroxylation sites is 1. The molecule has 2 unspecified atom stereocenters. The monoisotopic (exact) mass is 419 g/mol. The molecule has 0 aliphatic carbocycles. The van der Waals surface area contributed by atoms with Crippen molar-refractivity contribution >= 4 is 28.8 Å². The summed E-state index contributed by atoms with van der Waals surface area (Å²) in [5.74, 6) is -0.389. The highest BCUT2D eigenvalue weighted by Gasteiger charge is 2.33. The molecule has 0 bridgehead atoms. The summed E-state index contributed by atoms with van der Waals surface area (Å²) in [5, 5.41) is 0.745. The maximum atomic E-state index is 14.0. The van der Waals surface area contributed by atoms with Crippen LogP contribution in [0.3, 0.4) is 0 Å². The lowest BCUT2D eigenvalue weighted by Crippen LogP contribution is -2.14. The normalized spacial score (nSPS) is 16.0. The third kappa shape index (κ3) is 2.92. The predicted octanol–water partition coefficient (Wildman–Crippen LogP) is 5.32. The number of halogens is 2. The van der Waals surface area contributed by atoms with Crippen molar-refractivity contribution in [3.63, 3.8) is 0 Å². The number of fused-ring (bicyclic) bond motifs is 2. The third-order valence-electron chi connectivity index (χ3n) is 5.34. The van der Waals surface area contributed by atoms with Gasteiger partial charge in [-0.05, 0) is 29.8 Å². The summed E-state index contributed by atoms with van der Waals surface area (Å²) in [6.45, 7) is 1.90. The Labute approximate surface area is 175 Å². The lowest BCUT2D eigenvalue weighted by atomic mass is 9.89. The number of hydrogen-bond acceptors (Lipinski definition) is 5. The zero-order chi connectivity index (χ0) is 20.8. The Kier molecular flexibility index (Phi) is 4.44. The van der Waals surface area contributed by atoms with E-state index in [1.807, 2.05) is 6.92 Å². The topological polar surface area (TPSA) is 68.3 Å². The molecule has 1 aliphatic rings. The molecule has 7 heteroatoms. The number of rotatable bonds is 3. The molecule has 2 atom stereocenters. The van der Waals surface area contributed by atoms with Gasteiger partial charge in [-0.1, -0.05) is 42.8 Å². The SMILES string of the molecule is CC(c1oc2ccccc2c(=O)c1-c1cccc(F)c1)C1N=Cc2ncnc(Cl)c21. The van der Waals surface area contributed by atoms with Crippen molar-refractivity contribution < 1.29 is 8.81 Å². The van der Waals surface area contributed by atoms with E-state index in [2.05, 4.69) is 15.0 Å². The summed E-state index contributed by atoms with van der Waals surface area (Å²) in [6.07, 6.45) is 3.03. The fourth-order valence-electron chi connectivity index (χ4n) is 3.91. The van der Waals surface area contributed by atoms with Crippen LogP contribution in [-0.4, -0.2) is 16.2 Å². The quantitative estimate of drug-likeness (QED) is 0.421. The molecule has 0 saturated carbocycles. The van der Waals surface area contributed by atoms with Crippen molar-refractivity contribution in [3.05, 3.63) is 93.1 Å². The molecule has 0 amide bonds. The van der Waals surface area contributed by atoms with E-state index >= 15 is 0 Å². The number of benzene rings is 2. The molecule has 4 aromatic rings. The molecule has 0 fully saturated rings. The minimum atomic E-state index is -0.431. The lowest BCUT2D eigenvalue weighted by Gasteiger charge is -2.21. The van der Waals surface area contributed by atoms with E-state index in [0.29, 0.717) is 44.3 Å². The van der Waals surface area contributed by atoms with Gasteiger partial charge < -0.3 is 4.42 Å². The van der Waals surface area contributed by atoms with Gasteiger partial charge in [-0.3, -0.25) is 9.79 Å². The van der Waals surface area contributed by atoms with Gasteiger partial charge in [0.1, 0.15) is 28.6 Å². The molecule has 0 spiro atoms. The minimum Gasteiger partial charge on any atom is -0.460 e. The molecule has 5 rings (SSSR count). The zero-order valence-corrected chi connectivity index (χ0v) is 16.6. The van der Waals surface area contributed by atoms with Gasteiger partial charge in [0.25, 0.3) is 0 Å². The van der Waals surface area contributed by atoms with Crippen molar-refractivity contribution in [2.75, 3.05) is 0 Å². The molecule has 3 heterocycles. The van der Waals surface area contributed by atoms with Crippen molar-refractivity contribution in [1.29, 1.82) is 0 Å². The second-order valence-corrected chi connectivity index (χ2v) is 7.51. The molecule has 30 heavy (non-hydrogen) atoms. The fraction of sp³-hybridized carbons (Fsp3) is 0.130. The van der Waals surface area contributed by atoms with E-state index in [4.69, 9.17) is 16.0 Å². The van der Waals surface area contributed by atoms with Crippen LogP contribution in [0.25, 0.3) is 22.1 Å². The molecular weight excluding hydrogens is 405 g/mol. The number of aromatic nitrogens is 2. The number of aliphatic imine (C=N–C) groups is 1. The van der Waals surface area contributed by atoms with E-state index in [0.717, 1.165) is 0 Å². The Bertz CT molecular complexity index is 1380. The van der Waals surface area contributed by atoms with Crippen molar-refractivity contribution in [3.8, 4) is 11.1 Å². The van der Waals surface area contributed by atoms with E-state index < -0.39 is 11.9 Å². The Hall–Kier alpha value is -3.38. The van der Waals surface area contributed by atoms with Crippen LogP contribution < -0.4 is 5.43 Å². The van der Waals surface area contributed by atoms with Crippen LogP contribution in [0.1, 0.15) is 35.9 Å². The minimum absolute atomic E-state index is 0.220. The molecule has 0 N–H and O–H groups in total. The van der Waals surface area contributed by atoms with E-state index in [1.165, 1.54) is 18.5 Å². The van der Waals surface area contributed by atoms with Gasteiger partial charge >= 0.3 is 0 Å². The predicted molar refractivity (Wildman–Crippen MR) is 114 cm³/mol. The van der Waals surface area contributed by atoms with E-state index in [1.54, 1.807) is 42.6 Å². The molecule has 2 aromatic heterocycles. The van der Waals surface area contributed by atoms with Crippen LogP contribution in [0.2, 0.25) is 5.15 Å². The number of nitrogens with zero attached hydrogens (tertiary/aromatic N) is 3. The highest BCUT2D eigenvalue weighted by molar-refractivity contribution is 6.30. The molecule has 148 valence electrons. The summed E-state index contributed by atoms with van der Waals surface area (Å²) in [5.41, 5.74) is 2.34. The molecule has 0 radical (unpaired) electrons. The van der Waals surface area contributed by atoms with Gasteiger partial charge in [0, 0.05) is 17.7 Å². The Balaban J connectivity index is 1.76. The van der Waals surface area contributed by atoms with E-state index in [9.17, 15) is 9.18 Å². The second kappa shape index (κ2) is 7.15. The highest BCUT2D eigenvalue weighted by atomic mass is 35.5. The van der Waals surface area contributed by atoms with Gasteiger partial charge in [-0.2, -0.15) is 0 Å². The van der Waals surface area contributed by atoms with Gasteiger partial charge in [0.2, 0.25) is 5.43 Å². The second-order valence-electron chi connectivity index (χ2n) is 7.15. The van der Waals surface area contributed by atoms with Crippen molar-refractivity contribution in [2.24, 2.45) is 4.99 Å². The summed E-state index contributed by atoms with van der Waals surface area (Å²) in [4.78, 5) is 26.3. The Morgan fingerprint density at radius 3 is 2.80 bits per heavy atom. The summed E-state index contributed by atoms with van der Waals surface area (Å²) >= 11 is 6.33. The first-order valence-corrected chi connectivity index (χ1v) is 9.77. The molecule has 1 aliphatic heterocycles. The van der Waals surface area contributed by atoms with Gasteiger partial charge in [0.05, 0.1) is 22.7 Å². The standard InChI is InChI=1S/C23H15ClFN3O2/c1-12(20-19-16(10-26-20)27-11-28-23(19)24)22-18(13-5-4-6-14(25)9-13)21(29)15-7-2-3-8-17(15)30-22/h2-12,20H,1H3. The van der Waals surface area contributed by atoms with Crippen LogP contribution in [-0.2, 0) is 0 Å². The highest BCUT2D eigenvalue weighted by Crippen LogP contribution is 2.43. The first kappa shape index (κ1) is 18.6. The summed E-state index contributed by atoms with van der Waals surface area (Å²) in [6, 6.07) is 12.5. The third-order valence-corrected chi connectivity index (χ3v) is 5.65. The van der Waals surface area contributed by atoms with E-state index in [-0.39, 0.29) is 11.3 Å². The van der Waals surface area contributed by atoms with Gasteiger partial charge in [0.15, 0.2) is 0 Å². The first-order chi connectivity index (χ1) is 14.5. The molecule has 0 saturated heterocycles. The van der Waals surface area contributed by atoms with Gasteiger partial charge in [-0.15, -0.1) is 0 Å². The zero-order valence-electron chi connectivity index (χ0n) is 15.8. The van der Waals surface area contributed by atoms with Crippen LogP contribution >= 0.6 is 11.6 Å². The smallest absolute Gasteiger partial charge is 0.200 e. The lowest BCUT2D eigenvalue weighted by molar-refractivity contribution is 0.458. The summed E-state index contributed by atoms with van der Waals surface area (Å²) < 4.78 is 20.2. The number of hydrogen-bond donors (Lipinski definition) is 0. The summed E-state index contributed by atoms with van der Waals surface area (Å²) in [7, 11) is 0. The average Bonchev–Trinajstić information content (AvgIpc) is 3.19. The maximum absolute atomic E-state index is 14.0. The molecular formula is C23H15ClFN3O2. The van der Waals surface area contributed by atoms with Gasteiger partial charge in [-0.25, -0.2) is 14.4 Å². The molecule has 2 aromatic carbocycles. The Morgan fingerprint density at radius 1 is 1.13 bits per heavy atom. The Morgan fingerprint density at radius 2 is 1.97 bits per heavy atom. The first-order valence-electron chi connectivity index (χ1n) is 9.40. The fourth-order valence-corrected chi connectivity index (χ4v) is 4.16. The average molecular weight is 420 g/mol. The maximum Gasteiger partial charge on any atom is 0.200 e. The van der Waals surface area contributed by atoms with Crippen LogP contribution in [0, 0.1) is 5.82 Å². The van der Waals surface area contributed by atoms with Crippen molar-refractivity contribution in [1.82, 2.24) is 9.97 Å².